The lowest BCUT2D eigenvalue weighted by Gasteiger charge is -2.23. The van der Waals surface area contributed by atoms with E-state index in [2.05, 4.69) is 10.9 Å². The van der Waals surface area contributed by atoms with Crippen molar-refractivity contribution in [3.8, 4) is 0 Å². The molecule has 8 nitrogen and oxygen atoms in total. The molecular weight excluding hydrogens is 264 g/mol. The summed E-state index contributed by atoms with van der Waals surface area (Å²) in [6.07, 6.45) is -1.41. The molecule has 0 aliphatic carbocycles. The van der Waals surface area contributed by atoms with E-state index in [-0.39, 0.29) is 13.2 Å². The molecule has 0 heterocycles. The molecular formula is C12H28N4O4+2. The lowest BCUT2D eigenvalue weighted by molar-refractivity contribution is -0.870. The number of carbonyl (C=O) groups is 2. The molecule has 0 bridgehead atoms. The molecule has 0 saturated heterocycles. The zero-order valence-electron chi connectivity index (χ0n) is 13.4. The number of amides is 2. The molecule has 118 valence electrons. The Bertz CT molecular complexity index is 288. The highest BCUT2D eigenvalue weighted by molar-refractivity contribution is 5.73. The Labute approximate surface area is 120 Å². The average molecular weight is 292 g/mol. The van der Waals surface area contributed by atoms with Crippen molar-refractivity contribution in [2.45, 2.75) is 0 Å². The number of likely N-dealkylation sites (N-methyl/N-ethyl adjacent to an activating group) is 2. The Hall–Kier alpha value is -1.54. The van der Waals surface area contributed by atoms with E-state index >= 15 is 0 Å². The molecule has 2 amide bonds. The third-order valence-corrected chi connectivity index (χ3v) is 2.26. The van der Waals surface area contributed by atoms with Crippen molar-refractivity contribution in [2.75, 3.05) is 68.6 Å². The van der Waals surface area contributed by atoms with Gasteiger partial charge in [-0.2, -0.15) is 0 Å². The Morgan fingerprint density at radius 1 is 0.750 bits per heavy atom. The first-order chi connectivity index (χ1) is 8.99. The number of rotatable bonds is 6. The van der Waals surface area contributed by atoms with Crippen molar-refractivity contribution in [3.63, 3.8) is 0 Å². The Morgan fingerprint density at radius 3 is 1.30 bits per heavy atom. The van der Waals surface area contributed by atoms with Crippen LogP contribution in [0.15, 0.2) is 0 Å². The number of hydrazine groups is 1. The first-order valence-electron chi connectivity index (χ1n) is 6.46. The molecule has 8 heteroatoms. The number of carbonyl (C=O) groups excluding carboxylic acids is 2. The fourth-order valence-corrected chi connectivity index (χ4v) is 0.999. The van der Waals surface area contributed by atoms with E-state index in [0.29, 0.717) is 22.1 Å². The van der Waals surface area contributed by atoms with Gasteiger partial charge in [0.05, 0.1) is 42.3 Å². The van der Waals surface area contributed by atoms with Crippen molar-refractivity contribution in [1.82, 2.24) is 10.9 Å². The first kappa shape index (κ1) is 18.5. The monoisotopic (exact) mass is 292 g/mol. The minimum absolute atomic E-state index is 0.271. The lowest BCUT2D eigenvalue weighted by atomic mass is 10.5. The molecule has 0 aromatic heterocycles. The molecule has 20 heavy (non-hydrogen) atoms. The van der Waals surface area contributed by atoms with Gasteiger partial charge in [-0.15, -0.1) is 0 Å². The topological polar surface area (TPSA) is 76.7 Å². The van der Waals surface area contributed by atoms with Crippen LogP contribution in [-0.4, -0.2) is 89.7 Å². The highest BCUT2D eigenvalue weighted by Gasteiger charge is 2.11. The highest BCUT2D eigenvalue weighted by Crippen LogP contribution is 1.90. The third-order valence-electron chi connectivity index (χ3n) is 2.26. The fraction of sp³-hybridized carbons (Fsp3) is 0.833. The van der Waals surface area contributed by atoms with Crippen molar-refractivity contribution >= 4 is 12.2 Å². The number of quaternary nitrogens is 2. The van der Waals surface area contributed by atoms with Crippen LogP contribution >= 0.6 is 0 Å². The van der Waals surface area contributed by atoms with Crippen LogP contribution in [0, 0.1) is 0 Å². The van der Waals surface area contributed by atoms with E-state index in [1.807, 2.05) is 42.3 Å². The summed E-state index contributed by atoms with van der Waals surface area (Å²) in [6, 6.07) is 0. The lowest BCUT2D eigenvalue weighted by Crippen LogP contribution is -2.45. The van der Waals surface area contributed by atoms with Crippen LogP contribution in [0.1, 0.15) is 0 Å². The predicted molar refractivity (Wildman–Crippen MR) is 74.8 cm³/mol. The van der Waals surface area contributed by atoms with Gasteiger partial charge in [0.2, 0.25) is 0 Å². The summed E-state index contributed by atoms with van der Waals surface area (Å²) in [5, 5.41) is 0. The number of nitrogens with one attached hydrogen (secondary N) is 2. The maximum Gasteiger partial charge on any atom is 0.426 e. The Morgan fingerprint density at radius 2 is 1.05 bits per heavy atom. The van der Waals surface area contributed by atoms with Gasteiger partial charge in [0.25, 0.3) is 0 Å². The standard InChI is InChI=1S/C12H26N4O4/c1-15(2,3)7-9-19-11(17)13-14-12(18)20-10-8-16(4,5)6/h7-10H2,1-6H3/p+2. The van der Waals surface area contributed by atoms with Crippen LogP contribution < -0.4 is 10.9 Å². The van der Waals surface area contributed by atoms with Crippen molar-refractivity contribution < 1.29 is 28.0 Å². The summed E-state index contributed by atoms with van der Waals surface area (Å²) in [4.78, 5) is 22.5. The molecule has 0 aromatic carbocycles. The Kier molecular flexibility index (Phi) is 7.30. The van der Waals surface area contributed by atoms with Gasteiger partial charge in [-0.3, -0.25) is 0 Å². The molecule has 0 aromatic rings. The van der Waals surface area contributed by atoms with Crippen LogP contribution in [0.2, 0.25) is 0 Å². The molecule has 0 spiro atoms. The molecule has 0 aliphatic rings. The van der Waals surface area contributed by atoms with Gasteiger partial charge in [0.1, 0.15) is 26.3 Å². The summed E-state index contributed by atoms with van der Waals surface area (Å²) >= 11 is 0. The SMILES string of the molecule is C[N+](C)(C)CCOC(=O)NNC(=O)OCC[N+](C)(C)C. The number of nitrogens with zero attached hydrogens (tertiary/aromatic N) is 2. The van der Waals surface area contributed by atoms with Gasteiger partial charge in [-0.25, -0.2) is 20.4 Å². The van der Waals surface area contributed by atoms with Crippen LogP contribution in [0.25, 0.3) is 0 Å². The molecule has 0 saturated carbocycles. The third kappa shape index (κ3) is 12.9. The van der Waals surface area contributed by atoms with Crippen LogP contribution in [0.3, 0.4) is 0 Å². The van der Waals surface area contributed by atoms with Crippen molar-refractivity contribution in [3.05, 3.63) is 0 Å². The minimum atomic E-state index is -0.706. The zero-order valence-corrected chi connectivity index (χ0v) is 13.4. The van der Waals surface area contributed by atoms with E-state index in [9.17, 15) is 9.59 Å². The summed E-state index contributed by atoms with van der Waals surface area (Å²) in [5.74, 6) is 0. The molecule has 2 N–H and O–H groups in total. The van der Waals surface area contributed by atoms with Crippen LogP contribution in [-0.2, 0) is 9.47 Å². The molecule has 0 atom stereocenters. The van der Waals surface area contributed by atoms with Crippen molar-refractivity contribution in [2.24, 2.45) is 0 Å². The zero-order chi connectivity index (χ0) is 15.8. The van der Waals surface area contributed by atoms with Gasteiger partial charge in [-0.1, -0.05) is 0 Å². The van der Waals surface area contributed by atoms with Gasteiger partial charge in [0.15, 0.2) is 0 Å². The normalized spacial score (nSPS) is 11.7. The number of ether oxygens (including phenoxy) is 2. The minimum Gasteiger partial charge on any atom is -0.442 e. The van der Waals surface area contributed by atoms with Gasteiger partial charge in [-0.05, 0) is 0 Å². The van der Waals surface area contributed by atoms with Gasteiger partial charge in [0, 0.05) is 0 Å². The maximum absolute atomic E-state index is 11.3. The van der Waals surface area contributed by atoms with E-state index in [0.717, 1.165) is 0 Å². The van der Waals surface area contributed by atoms with Crippen LogP contribution in [0.4, 0.5) is 9.59 Å². The quantitative estimate of drug-likeness (QED) is 0.523. The highest BCUT2D eigenvalue weighted by atomic mass is 16.6. The number of hydrogen-bond acceptors (Lipinski definition) is 4. The maximum atomic E-state index is 11.3. The van der Waals surface area contributed by atoms with E-state index in [1.165, 1.54) is 0 Å². The smallest absolute Gasteiger partial charge is 0.426 e. The molecule has 0 aliphatic heterocycles. The molecule has 0 radical (unpaired) electrons. The summed E-state index contributed by atoms with van der Waals surface area (Å²) in [6.45, 7) is 1.91. The van der Waals surface area contributed by atoms with Crippen molar-refractivity contribution in [1.29, 1.82) is 0 Å². The largest absolute Gasteiger partial charge is 0.442 e. The van der Waals surface area contributed by atoms with Gasteiger partial charge >= 0.3 is 12.2 Å². The molecule has 0 rings (SSSR count). The second-order valence-corrected chi connectivity index (χ2v) is 6.55. The fourth-order valence-electron chi connectivity index (χ4n) is 0.999. The van der Waals surface area contributed by atoms with E-state index < -0.39 is 12.2 Å². The van der Waals surface area contributed by atoms with Crippen LogP contribution in [0.5, 0.6) is 0 Å². The first-order valence-corrected chi connectivity index (χ1v) is 6.46. The second kappa shape index (κ2) is 7.91. The summed E-state index contributed by atoms with van der Waals surface area (Å²) in [7, 11) is 11.9. The second-order valence-electron chi connectivity index (χ2n) is 6.55. The van der Waals surface area contributed by atoms with E-state index in [4.69, 9.17) is 9.47 Å². The van der Waals surface area contributed by atoms with E-state index in [1.54, 1.807) is 0 Å². The molecule has 0 unspecified atom stereocenters. The average Bonchev–Trinajstić information content (AvgIpc) is 2.22. The number of hydrogen-bond donors (Lipinski definition) is 2. The molecule has 0 fully saturated rings. The predicted octanol–water partition coefficient (Wildman–Crippen LogP) is -0.234. The Balaban J connectivity index is 3.66. The summed E-state index contributed by atoms with van der Waals surface area (Å²) < 4.78 is 11.2. The summed E-state index contributed by atoms with van der Waals surface area (Å²) in [5.41, 5.74) is 4.24. The van der Waals surface area contributed by atoms with Gasteiger partial charge < -0.3 is 18.4 Å².